The Bertz CT molecular complexity index is 643. The zero-order valence-electron chi connectivity index (χ0n) is 10.8. The predicted molar refractivity (Wildman–Crippen MR) is 74.9 cm³/mol. The summed E-state index contributed by atoms with van der Waals surface area (Å²) >= 11 is 5.95. The Hall–Kier alpha value is -1.11. The molecule has 5 nitrogen and oxygen atoms in total. The summed E-state index contributed by atoms with van der Waals surface area (Å²) in [5.41, 5.74) is 0. The summed E-state index contributed by atoms with van der Waals surface area (Å²) in [6, 6.07) is 6.64. The fraction of sp³-hybridized carbons (Fsp3) is 0.462. The van der Waals surface area contributed by atoms with Gasteiger partial charge in [0.05, 0.1) is 11.6 Å². The van der Waals surface area contributed by atoms with Gasteiger partial charge in [0.1, 0.15) is 4.90 Å². The van der Waals surface area contributed by atoms with E-state index in [1.807, 2.05) is 0 Å². The third kappa shape index (κ3) is 2.43. The molecule has 2 aliphatic rings. The van der Waals surface area contributed by atoms with Gasteiger partial charge in [0.15, 0.2) is 0 Å². The van der Waals surface area contributed by atoms with E-state index < -0.39 is 10.0 Å². The number of amides is 1. The Morgan fingerprint density at radius 3 is 2.45 bits per heavy atom. The molecule has 0 unspecified atom stereocenters. The van der Waals surface area contributed by atoms with Crippen molar-refractivity contribution in [1.29, 1.82) is 0 Å². The van der Waals surface area contributed by atoms with Gasteiger partial charge in [-0.15, -0.1) is 0 Å². The molecule has 1 heterocycles. The SMILES string of the molecule is O=C1CN(S(=O)(=O)c2ccccc2Cl)CCN1C1CC1. The topological polar surface area (TPSA) is 57.7 Å². The van der Waals surface area contributed by atoms with Crippen LogP contribution in [0.15, 0.2) is 29.2 Å². The lowest BCUT2D eigenvalue weighted by atomic mass is 10.3. The number of sulfonamides is 1. The number of piperazine rings is 1. The van der Waals surface area contributed by atoms with Crippen molar-refractivity contribution >= 4 is 27.5 Å². The Labute approximate surface area is 123 Å². The minimum absolute atomic E-state index is 0.0642. The molecule has 3 rings (SSSR count). The van der Waals surface area contributed by atoms with Crippen molar-refractivity contribution in [3.63, 3.8) is 0 Å². The molecule has 1 saturated heterocycles. The predicted octanol–water partition coefficient (Wildman–Crippen LogP) is 1.34. The first kappa shape index (κ1) is 13.9. The number of hydrogen-bond acceptors (Lipinski definition) is 3. The van der Waals surface area contributed by atoms with Gasteiger partial charge in [-0.3, -0.25) is 4.79 Å². The number of carbonyl (C=O) groups excluding carboxylic acids is 1. The van der Waals surface area contributed by atoms with Crippen molar-refractivity contribution in [2.45, 2.75) is 23.8 Å². The summed E-state index contributed by atoms with van der Waals surface area (Å²) < 4.78 is 26.3. The smallest absolute Gasteiger partial charge is 0.245 e. The molecule has 0 atom stereocenters. The van der Waals surface area contributed by atoms with Crippen molar-refractivity contribution in [3.05, 3.63) is 29.3 Å². The van der Waals surface area contributed by atoms with Gasteiger partial charge in [-0.25, -0.2) is 8.42 Å². The van der Waals surface area contributed by atoms with Crippen molar-refractivity contribution in [2.75, 3.05) is 19.6 Å². The van der Waals surface area contributed by atoms with Gasteiger partial charge in [0.25, 0.3) is 0 Å². The van der Waals surface area contributed by atoms with E-state index in [2.05, 4.69) is 0 Å². The van der Waals surface area contributed by atoms with E-state index in [-0.39, 0.29) is 22.4 Å². The van der Waals surface area contributed by atoms with E-state index >= 15 is 0 Å². The number of carbonyl (C=O) groups is 1. The Morgan fingerprint density at radius 1 is 1.15 bits per heavy atom. The van der Waals surface area contributed by atoms with Crippen LogP contribution in [0.25, 0.3) is 0 Å². The largest absolute Gasteiger partial charge is 0.337 e. The van der Waals surface area contributed by atoms with Crippen LogP contribution in [0, 0.1) is 0 Å². The second kappa shape index (κ2) is 5.02. The summed E-state index contributed by atoms with van der Waals surface area (Å²) in [7, 11) is -3.70. The molecular weight excluding hydrogens is 300 g/mol. The van der Waals surface area contributed by atoms with Crippen LogP contribution in [0.1, 0.15) is 12.8 Å². The third-order valence-electron chi connectivity index (χ3n) is 3.66. The van der Waals surface area contributed by atoms with E-state index in [0.29, 0.717) is 19.1 Å². The average molecular weight is 315 g/mol. The number of halogens is 1. The van der Waals surface area contributed by atoms with Crippen LogP contribution in [0.5, 0.6) is 0 Å². The van der Waals surface area contributed by atoms with Crippen molar-refractivity contribution in [3.8, 4) is 0 Å². The zero-order valence-corrected chi connectivity index (χ0v) is 12.4. The molecule has 1 aromatic carbocycles. The summed E-state index contributed by atoms with van der Waals surface area (Å²) in [5, 5.41) is 0.185. The molecule has 0 N–H and O–H groups in total. The summed E-state index contributed by atoms with van der Waals surface area (Å²) in [4.78, 5) is 13.9. The number of nitrogens with zero attached hydrogens (tertiary/aromatic N) is 2. The Balaban J connectivity index is 1.82. The van der Waals surface area contributed by atoms with Crippen LogP contribution >= 0.6 is 11.6 Å². The van der Waals surface area contributed by atoms with Gasteiger partial charge >= 0.3 is 0 Å². The Morgan fingerprint density at radius 2 is 1.85 bits per heavy atom. The van der Waals surface area contributed by atoms with Gasteiger partial charge in [0.2, 0.25) is 15.9 Å². The molecule has 0 aromatic heterocycles. The Kier molecular flexibility index (Phi) is 3.48. The van der Waals surface area contributed by atoms with Crippen molar-refractivity contribution in [1.82, 2.24) is 9.21 Å². The molecule has 1 aliphatic heterocycles. The maximum absolute atomic E-state index is 12.5. The molecule has 0 spiro atoms. The molecule has 1 saturated carbocycles. The van der Waals surface area contributed by atoms with E-state index in [0.717, 1.165) is 12.8 Å². The zero-order chi connectivity index (χ0) is 14.3. The van der Waals surface area contributed by atoms with Crippen LogP contribution in [-0.2, 0) is 14.8 Å². The molecule has 0 bridgehead atoms. The van der Waals surface area contributed by atoms with E-state index in [9.17, 15) is 13.2 Å². The van der Waals surface area contributed by atoms with Gasteiger partial charge in [-0.05, 0) is 25.0 Å². The minimum atomic E-state index is -3.70. The van der Waals surface area contributed by atoms with Crippen LogP contribution in [-0.4, -0.2) is 49.2 Å². The van der Waals surface area contributed by atoms with Gasteiger partial charge in [-0.2, -0.15) is 4.31 Å². The van der Waals surface area contributed by atoms with Crippen molar-refractivity contribution < 1.29 is 13.2 Å². The highest BCUT2D eigenvalue weighted by Gasteiger charge is 2.39. The molecule has 2 fully saturated rings. The summed E-state index contributed by atoms with van der Waals surface area (Å²) in [6.45, 7) is 0.701. The highest BCUT2D eigenvalue weighted by atomic mass is 35.5. The fourth-order valence-electron chi connectivity index (χ4n) is 2.44. The van der Waals surface area contributed by atoms with E-state index in [4.69, 9.17) is 11.6 Å². The highest BCUT2D eigenvalue weighted by molar-refractivity contribution is 7.89. The third-order valence-corrected chi connectivity index (χ3v) is 6.01. The lowest BCUT2D eigenvalue weighted by Crippen LogP contribution is -2.52. The monoisotopic (exact) mass is 314 g/mol. The van der Waals surface area contributed by atoms with Crippen LogP contribution in [0.4, 0.5) is 0 Å². The fourth-order valence-corrected chi connectivity index (χ4v) is 4.31. The molecule has 1 aromatic rings. The highest BCUT2D eigenvalue weighted by Crippen LogP contribution is 2.30. The molecule has 20 heavy (non-hydrogen) atoms. The van der Waals surface area contributed by atoms with E-state index in [1.165, 1.54) is 16.4 Å². The first-order valence-electron chi connectivity index (χ1n) is 6.54. The number of hydrogen-bond donors (Lipinski definition) is 0. The molecular formula is C13H15ClN2O3S. The van der Waals surface area contributed by atoms with Crippen molar-refractivity contribution in [2.24, 2.45) is 0 Å². The van der Waals surface area contributed by atoms with Gasteiger partial charge < -0.3 is 4.90 Å². The van der Waals surface area contributed by atoms with Crippen LogP contribution in [0.2, 0.25) is 5.02 Å². The second-order valence-electron chi connectivity index (χ2n) is 5.09. The van der Waals surface area contributed by atoms with Gasteiger partial charge in [0, 0.05) is 19.1 Å². The van der Waals surface area contributed by atoms with Crippen LogP contribution < -0.4 is 0 Å². The average Bonchev–Trinajstić information content (AvgIpc) is 3.23. The number of rotatable bonds is 3. The van der Waals surface area contributed by atoms with Gasteiger partial charge in [-0.1, -0.05) is 23.7 Å². The summed E-state index contributed by atoms with van der Waals surface area (Å²) in [5.74, 6) is -0.116. The maximum atomic E-state index is 12.5. The molecule has 1 amide bonds. The standard InChI is InChI=1S/C13H15ClN2O3S/c14-11-3-1-2-4-12(11)20(18,19)15-7-8-16(10-5-6-10)13(17)9-15/h1-4,10H,5-9H2. The molecule has 1 aliphatic carbocycles. The minimum Gasteiger partial charge on any atom is -0.337 e. The molecule has 7 heteroatoms. The maximum Gasteiger partial charge on any atom is 0.245 e. The lowest BCUT2D eigenvalue weighted by Gasteiger charge is -2.33. The normalized spacial score (nSPS) is 21.2. The second-order valence-corrected chi connectivity index (χ2v) is 7.40. The lowest BCUT2D eigenvalue weighted by molar-refractivity contribution is -0.134. The van der Waals surface area contributed by atoms with E-state index in [1.54, 1.807) is 17.0 Å². The summed E-state index contributed by atoms with van der Waals surface area (Å²) in [6.07, 6.45) is 2.06. The quantitative estimate of drug-likeness (QED) is 0.846. The first-order valence-corrected chi connectivity index (χ1v) is 8.36. The number of benzene rings is 1. The first-order chi connectivity index (χ1) is 9.50. The molecule has 0 radical (unpaired) electrons. The molecule has 108 valence electrons. The van der Waals surface area contributed by atoms with Crippen LogP contribution in [0.3, 0.4) is 0 Å².